The minimum Gasteiger partial charge on any atom is -0.493 e. The fraction of sp³-hybridized carbons (Fsp3) is 0.500. The van der Waals surface area contributed by atoms with Crippen LogP contribution in [-0.4, -0.2) is 25.8 Å². The van der Waals surface area contributed by atoms with Crippen molar-refractivity contribution in [1.82, 2.24) is 0 Å². The molecule has 0 fully saturated rings. The molecule has 0 atom stereocenters. The van der Waals surface area contributed by atoms with Crippen molar-refractivity contribution in [3.63, 3.8) is 0 Å². The Kier molecular flexibility index (Phi) is 5.02. The Morgan fingerprint density at radius 2 is 1.75 bits per heavy atom. The number of nitrogen functional groups attached to an aromatic ring is 1. The Bertz CT molecular complexity index is 448. The van der Waals surface area contributed by atoms with E-state index in [1.54, 1.807) is 6.07 Å². The molecule has 0 spiro atoms. The number of hydrogen-bond donors (Lipinski definition) is 1. The number of methoxy groups -OCH3 is 1. The highest BCUT2D eigenvalue weighted by Gasteiger charge is 2.56. The summed E-state index contributed by atoms with van der Waals surface area (Å²) >= 11 is 0. The summed E-state index contributed by atoms with van der Waals surface area (Å²) in [4.78, 5) is 0. The summed E-state index contributed by atoms with van der Waals surface area (Å²) in [5, 5.41) is 0. The van der Waals surface area contributed by atoms with Gasteiger partial charge in [0.1, 0.15) is 0 Å². The zero-order valence-electron chi connectivity index (χ0n) is 10.6. The standard InChI is InChI=1S/C12H14F5NO2/c1-19-9-4-3-8(18)7-10(9)20-6-2-5-11(13,14)12(15,16)17/h3-4,7H,2,5-6,18H2,1H3. The zero-order chi connectivity index (χ0) is 15.4. The molecule has 114 valence electrons. The molecule has 0 saturated heterocycles. The van der Waals surface area contributed by atoms with Crippen LogP contribution in [-0.2, 0) is 0 Å². The van der Waals surface area contributed by atoms with Crippen molar-refractivity contribution < 1.29 is 31.4 Å². The molecule has 1 rings (SSSR count). The number of nitrogens with two attached hydrogens (primary N) is 1. The first-order valence-electron chi connectivity index (χ1n) is 5.68. The molecule has 0 aliphatic rings. The van der Waals surface area contributed by atoms with Crippen LogP contribution in [0.1, 0.15) is 12.8 Å². The van der Waals surface area contributed by atoms with Gasteiger partial charge in [0.25, 0.3) is 0 Å². The molecule has 0 unspecified atom stereocenters. The molecule has 8 heteroatoms. The van der Waals surface area contributed by atoms with E-state index < -0.39 is 24.9 Å². The minimum absolute atomic E-state index is 0.197. The van der Waals surface area contributed by atoms with Crippen LogP contribution < -0.4 is 15.2 Å². The third-order valence-corrected chi connectivity index (χ3v) is 2.50. The van der Waals surface area contributed by atoms with Crippen LogP contribution >= 0.6 is 0 Å². The van der Waals surface area contributed by atoms with Gasteiger partial charge in [0, 0.05) is 18.2 Å². The number of ether oxygens (including phenoxy) is 2. The normalized spacial score (nSPS) is 12.3. The topological polar surface area (TPSA) is 44.5 Å². The lowest BCUT2D eigenvalue weighted by Gasteiger charge is -2.19. The summed E-state index contributed by atoms with van der Waals surface area (Å²) in [6.07, 6.45) is -7.33. The lowest BCUT2D eigenvalue weighted by Crippen LogP contribution is -2.36. The molecular formula is C12H14F5NO2. The van der Waals surface area contributed by atoms with Crippen LogP contribution in [0.2, 0.25) is 0 Å². The molecule has 0 heterocycles. The number of halogens is 5. The quantitative estimate of drug-likeness (QED) is 0.495. The SMILES string of the molecule is COc1ccc(N)cc1OCCCC(F)(F)C(F)(F)F. The highest BCUT2D eigenvalue weighted by Crippen LogP contribution is 2.39. The van der Waals surface area contributed by atoms with Gasteiger partial charge >= 0.3 is 12.1 Å². The van der Waals surface area contributed by atoms with Crippen molar-refractivity contribution in [2.75, 3.05) is 19.5 Å². The fourth-order valence-electron chi connectivity index (χ4n) is 1.42. The fourth-order valence-corrected chi connectivity index (χ4v) is 1.42. The summed E-state index contributed by atoms with van der Waals surface area (Å²) in [6, 6.07) is 4.46. The van der Waals surface area contributed by atoms with Crippen LogP contribution in [0.5, 0.6) is 11.5 Å². The molecule has 1 aromatic carbocycles. The van der Waals surface area contributed by atoms with Gasteiger partial charge < -0.3 is 15.2 Å². The van der Waals surface area contributed by atoms with Gasteiger partial charge in [0.2, 0.25) is 0 Å². The van der Waals surface area contributed by atoms with Crippen LogP contribution in [0, 0.1) is 0 Å². The number of alkyl halides is 5. The number of benzene rings is 1. The molecular weight excluding hydrogens is 285 g/mol. The number of hydrogen-bond acceptors (Lipinski definition) is 3. The van der Waals surface area contributed by atoms with E-state index >= 15 is 0 Å². The van der Waals surface area contributed by atoms with Gasteiger partial charge in [-0.3, -0.25) is 0 Å². The van der Waals surface area contributed by atoms with E-state index in [1.807, 2.05) is 0 Å². The van der Waals surface area contributed by atoms with E-state index in [1.165, 1.54) is 19.2 Å². The molecule has 0 bridgehead atoms. The maximum Gasteiger partial charge on any atom is 0.453 e. The molecule has 1 aromatic rings. The molecule has 0 aromatic heterocycles. The van der Waals surface area contributed by atoms with E-state index in [-0.39, 0.29) is 12.4 Å². The Morgan fingerprint density at radius 1 is 1.10 bits per heavy atom. The third kappa shape index (κ3) is 4.14. The van der Waals surface area contributed by atoms with Gasteiger partial charge in [-0.2, -0.15) is 22.0 Å². The summed E-state index contributed by atoms with van der Waals surface area (Å²) < 4.78 is 71.1. The third-order valence-electron chi connectivity index (χ3n) is 2.50. The average Bonchev–Trinajstić information content (AvgIpc) is 2.33. The lowest BCUT2D eigenvalue weighted by molar-refractivity contribution is -0.284. The number of rotatable bonds is 6. The first-order chi connectivity index (χ1) is 9.17. The minimum atomic E-state index is -5.54. The van der Waals surface area contributed by atoms with Gasteiger partial charge in [-0.25, -0.2) is 0 Å². The smallest absolute Gasteiger partial charge is 0.453 e. The highest BCUT2D eigenvalue weighted by molar-refractivity contribution is 5.51. The molecule has 0 amide bonds. The second-order valence-electron chi connectivity index (χ2n) is 4.06. The van der Waals surface area contributed by atoms with E-state index in [0.29, 0.717) is 11.4 Å². The van der Waals surface area contributed by atoms with Crippen molar-refractivity contribution in [3.05, 3.63) is 18.2 Å². The van der Waals surface area contributed by atoms with Crippen LogP contribution in [0.4, 0.5) is 27.6 Å². The van der Waals surface area contributed by atoms with E-state index in [9.17, 15) is 22.0 Å². The van der Waals surface area contributed by atoms with E-state index in [2.05, 4.69) is 0 Å². The number of anilines is 1. The van der Waals surface area contributed by atoms with Gasteiger partial charge in [0.05, 0.1) is 13.7 Å². The maximum atomic E-state index is 12.6. The summed E-state index contributed by atoms with van der Waals surface area (Å²) in [6.45, 7) is -0.300. The van der Waals surface area contributed by atoms with Gasteiger partial charge in [-0.15, -0.1) is 0 Å². The molecule has 2 N–H and O–H groups in total. The Hall–Kier alpha value is -1.73. The van der Waals surface area contributed by atoms with Crippen LogP contribution in [0.25, 0.3) is 0 Å². The second kappa shape index (κ2) is 6.15. The van der Waals surface area contributed by atoms with Crippen molar-refractivity contribution in [3.8, 4) is 11.5 Å². The van der Waals surface area contributed by atoms with E-state index in [4.69, 9.17) is 15.2 Å². The predicted octanol–water partition coefficient (Wildman–Crippen LogP) is 3.63. The Labute approximate surface area is 112 Å². The highest BCUT2D eigenvalue weighted by atomic mass is 19.4. The average molecular weight is 299 g/mol. The summed E-state index contributed by atoms with van der Waals surface area (Å²) in [5.41, 5.74) is 5.87. The van der Waals surface area contributed by atoms with Gasteiger partial charge in [0.15, 0.2) is 11.5 Å². The van der Waals surface area contributed by atoms with Crippen molar-refractivity contribution >= 4 is 5.69 Å². The molecule has 0 aliphatic heterocycles. The van der Waals surface area contributed by atoms with Crippen LogP contribution in [0.15, 0.2) is 18.2 Å². The monoisotopic (exact) mass is 299 g/mol. The Morgan fingerprint density at radius 3 is 2.30 bits per heavy atom. The largest absolute Gasteiger partial charge is 0.493 e. The lowest BCUT2D eigenvalue weighted by atomic mass is 10.2. The molecule has 0 radical (unpaired) electrons. The first-order valence-corrected chi connectivity index (χ1v) is 5.68. The summed E-state index contributed by atoms with van der Waals surface area (Å²) in [5.74, 6) is -4.19. The molecule has 0 aliphatic carbocycles. The Balaban J connectivity index is 2.52. The first kappa shape index (κ1) is 16.3. The van der Waals surface area contributed by atoms with Gasteiger partial charge in [-0.1, -0.05) is 0 Å². The van der Waals surface area contributed by atoms with Crippen molar-refractivity contribution in [1.29, 1.82) is 0 Å². The molecule has 3 nitrogen and oxygen atoms in total. The van der Waals surface area contributed by atoms with Gasteiger partial charge in [-0.05, 0) is 18.6 Å². The maximum absolute atomic E-state index is 12.6. The predicted molar refractivity (Wildman–Crippen MR) is 63.1 cm³/mol. The van der Waals surface area contributed by atoms with Crippen LogP contribution in [0.3, 0.4) is 0 Å². The van der Waals surface area contributed by atoms with E-state index in [0.717, 1.165) is 0 Å². The van der Waals surface area contributed by atoms with Crippen molar-refractivity contribution in [2.45, 2.75) is 24.9 Å². The molecule has 20 heavy (non-hydrogen) atoms. The van der Waals surface area contributed by atoms with Crippen molar-refractivity contribution in [2.24, 2.45) is 0 Å². The molecule has 0 saturated carbocycles. The summed E-state index contributed by atoms with van der Waals surface area (Å²) in [7, 11) is 1.37. The zero-order valence-corrected chi connectivity index (χ0v) is 10.6. The second-order valence-corrected chi connectivity index (χ2v) is 4.06.